The minimum atomic E-state index is -0.376. The van der Waals surface area contributed by atoms with E-state index in [1.165, 1.54) is 28.0 Å². The fourth-order valence-corrected chi connectivity index (χ4v) is 4.65. The molecule has 1 unspecified atom stereocenters. The summed E-state index contributed by atoms with van der Waals surface area (Å²) in [6, 6.07) is 9.56. The molecule has 0 aliphatic carbocycles. The summed E-state index contributed by atoms with van der Waals surface area (Å²) in [4.78, 5) is 31.1. The molecule has 0 saturated carbocycles. The third kappa shape index (κ3) is 5.05. The topological polar surface area (TPSA) is 71.1 Å². The standard InChI is InChI=1S/C21H23N3O2S2/c1-12-5-7-16(8-6-12)18(22-15(4)25)10-20(26)24-21-23-19(11-27-21)17-9-13(2)28-14(17)3/h5-9,11,18H,10H2,1-4H3,(H,22,25)(H,23,24,26). The van der Waals surface area contributed by atoms with Gasteiger partial charge < -0.3 is 10.6 Å². The van der Waals surface area contributed by atoms with Crippen LogP contribution in [0.5, 0.6) is 0 Å². The highest BCUT2D eigenvalue weighted by Crippen LogP contribution is 2.32. The summed E-state index contributed by atoms with van der Waals surface area (Å²) in [6.45, 7) is 7.60. The summed E-state index contributed by atoms with van der Waals surface area (Å²) >= 11 is 3.14. The minimum absolute atomic E-state index is 0.147. The Bertz CT molecular complexity index is 990. The van der Waals surface area contributed by atoms with Crippen molar-refractivity contribution in [1.82, 2.24) is 10.3 Å². The number of thiophene rings is 1. The Morgan fingerprint density at radius 1 is 1.14 bits per heavy atom. The summed E-state index contributed by atoms with van der Waals surface area (Å²) < 4.78 is 0. The van der Waals surface area contributed by atoms with Crippen molar-refractivity contribution < 1.29 is 9.59 Å². The highest BCUT2D eigenvalue weighted by atomic mass is 32.1. The lowest BCUT2D eigenvalue weighted by Gasteiger charge is -2.18. The molecule has 1 aromatic carbocycles. The van der Waals surface area contributed by atoms with Gasteiger partial charge >= 0.3 is 0 Å². The molecule has 2 amide bonds. The van der Waals surface area contributed by atoms with Crippen molar-refractivity contribution in [2.75, 3.05) is 5.32 Å². The lowest BCUT2D eigenvalue weighted by atomic mass is 10.0. The Kier molecular flexibility index (Phi) is 6.26. The monoisotopic (exact) mass is 413 g/mol. The predicted octanol–water partition coefficient (Wildman–Crippen LogP) is 5.00. The molecule has 7 heteroatoms. The Balaban J connectivity index is 1.70. The zero-order valence-corrected chi connectivity index (χ0v) is 18.0. The molecule has 0 aliphatic rings. The zero-order valence-electron chi connectivity index (χ0n) is 16.3. The average molecular weight is 414 g/mol. The van der Waals surface area contributed by atoms with Gasteiger partial charge in [-0.05, 0) is 32.4 Å². The number of carbonyl (C=O) groups is 2. The molecule has 0 saturated heterocycles. The number of nitrogens with one attached hydrogen (secondary N) is 2. The van der Waals surface area contributed by atoms with E-state index in [0.717, 1.165) is 22.4 Å². The van der Waals surface area contributed by atoms with Gasteiger partial charge in [0.15, 0.2) is 5.13 Å². The molecule has 0 radical (unpaired) electrons. The first kappa shape index (κ1) is 20.2. The maximum Gasteiger partial charge on any atom is 0.228 e. The van der Waals surface area contributed by atoms with Crippen LogP contribution in [0.3, 0.4) is 0 Å². The molecule has 0 spiro atoms. The number of anilines is 1. The van der Waals surface area contributed by atoms with Crippen LogP contribution in [0.4, 0.5) is 5.13 Å². The van der Waals surface area contributed by atoms with Crippen LogP contribution < -0.4 is 10.6 Å². The molecule has 2 N–H and O–H groups in total. The summed E-state index contributed by atoms with van der Waals surface area (Å²) in [7, 11) is 0. The first-order valence-electron chi connectivity index (χ1n) is 8.98. The number of aryl methyl sites for hydroxylation is 3. The van der Waals surface area contributed by atoms with Gasteiger partial charge in [-0.3, -0.25) is 9.59 Å². The van der Waals surface area contributed by atoms with Crippen molar-refractivity contribution in [2.24, 2.45) is 0 Å². The van der Waals surface area contributed by atoms with E-state index in [9.17, 15) is 9.59 Å². The second-order valence-electron chi connectivity index (χ2n) is 6.78. The van der Waals surface area contributed by atoms with Crippen molar-refractivity contribution in [2.45, 2.75) is 40.2 Å². The first-order valence-corrected chi connectivity index (χ1v) is 10.7. The quantitative estimate of drug-likeness (QED) is 0.597. The average Bonchev–Trinajstić information content (AvgIpc) is 3.20. The highest BCUT2D eigenvalue weighted by molar-refractivity contribution is 7.14. The maximum atomic E-state index is 12.6. The smallest absolute Gasteiger partial charge is 0.228 e. The van der Waals surface area contributed by atoms with Crippen LogP contribution >= 0.6 is 22.7 Å². The molecule has 0 fully saturated rings. The van der Waals surface area contributed by atoms with Crippen LogP contribution in [0.2, 0.25) is 0 Å². The van der Waals surface area contributed by atoms with Crippen molar-refractivity contribution in [3.8, 4) is 11.3 Å². The van der Waals surface area contributed by atoms with Crippen LogP contribution in [0, 0.1) is 20.8 Å². The van der Waals surface area contributed by atoms with Crippen LogP contribution in [-0.2, 0) is 9.59 Å². The molecule has 2 heterocycles. The van der Waals surface area contributed by atoms with Gasteiger partial charge in [0.05, 0.1) is 18.2 Å². The molecule has 0 bridgehead atoms. The summed E-state index contributed by atoms with van der Waals surface area (Å²) in [6.07, 6.45) is 0.147. The number of benzene rings is 1. The molecule has 3 rings (SSSR count). The number of aromatic nitrogens is 1. The van der Waals surface area contributed by atoms with Crippen molar-refractivity contribution in [3.05, 3.63) is 56.6 Å². The van der Waals surface area contributed by atoms with Crippen LogP contribution in [-0.4, -0.2) is 16.8 Å². The SMILES string of the molecule is CC(=O)NC(CC(=O)Nc1nc(-c2cc(C)sc2C)cs1)c1ccc(C)cc1. The van der Waals surface area contributed by atoms with E-state index in [1.54, 1.807) is 11.3 Å². The minimum Gasteiger partial charge on any atom is -0.349 e. The number of hydrogen-bond donors (Lipinski definition) is 2. The maximum absolute atomic E-state index is 12.6. The van der Waals surface area contributed by atoms with Gasteiger partial charge in [0, 0.05) is 27.6 Å². The van der Waals surface area contributed by atoms with Crippen molar-refractivity contribution in [1.29, 1.82) is 0 Å². The zero-order chi connectivity index (χ0) is 20.3. The highest BCUT2D eigenvalue weighted by Gasteiger charge is 2.18. The predicted molar refractivity (Wildman–Crippen MR) is 116 cm³/mol. The normalized spacial score (nSPS) is 11.9. The fourth-order valence-electron chi connectivity index (χ4n) is 2.99. The molecule has 1 atom stereocenters. The van der Waals surface area contributed by atoms with Crippen LogP contribution in [0.15, 0.2) is 35.7 Å². The molecule has 2 aromatic heterocycles. The lowest BCUT2D eigenvalue weighted by Crippen LogP contribution is -2.29. The van der Waals surface area contributed by atoms with E-state index in [-0.39, 0.29) is 24.3 Å². The van der Waals surface area contributed by atoms with E-state index >= 15 is 0 Å². The second kappa shape index (κ2) is 8.67. The third-order valence-corrected chi connectivity index (χ3v) is 6.04. The molecular formula is C21H23N3O2S2. The Morgan fingerprint density at radius 2 is 1.86 bits per heavy atom. The number of rotatable bonds is 6. The lowest BCUT2D eigenvalue weighted by molar-refractivity contribution is -0.120. The van der Waals surface area contributed by atoms with Gasteiger partial charge in [-0.25, -0.2) is 4.98 Å². The first-order chi connectivity index (χ1) is 13.3. The Morgan fingerprint density at radius 3 is 2.46 bits per heavy atom. The molecule has 3 aromatic rings. The van der Waals surface area contributed by atoms with E-state index in [2.05, 4.69) is 35.5 Å². The number of thiazole rings is 1. The van der Waals surface area contributed by atoms with Gasteiger partial charge in [-0.1, -0.05) is 29.8 Å². The molecule has 146 valence electrons. The van der Waals surface area contributed by atoms with Gasteiger partial charge in [0.2, 0.25) is 11.8 Å². The number of carbonyl (C=O) groups excluding carboxylic acids is 2. The summed E-state index contributed by atoms with van der Waals surface area (Å²) in [5, 5.41) is 8.24. The Hall–Kier alpha value is -2.51. The van der Waals surface area contributed by atoms with E-state index in [1.807, 2.05) is 36.6 Å². The number of nitrogens with zero attached hydrogens (tertiary/aromatic N) is 1. The third-order valence-electron chi connectivity index (χ3n) is 4.31. The Labute approximate surface area is 172 Å². The van der Waals surface area contributed by atoms with Gasteiger partial charge in [-0.2, -0.15) is 0 Å². The van der Waals surface area contributed by atoms with Crippen molar-refractivity contribution in [3.63, 3.8) is 0 Å². The van der Waals surface area contributed by atoms with E-state index in [0.29, 0.717) is 5.13 Å². The molecule has 0 aliphatic heterocycles. The summed E-state index contributed by atoms with van der Waals surface area (Å²) in [5.74, 6) is -0.350. The second-order valence-corrected chi connectivity index (χ2v) is 9.10. The molecule has 5 nitrogen and oxygen atoms in total. The van der Waals surface area contributed by atoms with Crippen LogP contribution in [0.25, 0.3) is 11.3 Å². The van der Waals surface area contributed by atoms with Crippen LogP contribution in [0.1, 0.15) is 40.3 Å². The largest absolute Gasteiger partial charge is 0.349 e. The van der Waals surface area contributed by atoms with Gasteiger partial charge in [-0.15, -0.1) is 22.7 Å². The van der Waals surface area contributed by atoms with E-state index in [4.69, 9.17) is 0 Å². The molecular weight excluding hydrogens is 390 g/mol. The van der Waals surface area contributed by atoms with E-state index < -0.39 is 0 Å². The number of hydrogen-bond acceptors (Lipinski definition) is 5. The van der Waals surface area contributed by atoms with Gasteiger partial charge in [0.25, 0.3) is 0 Å². The fraction of sp³-hybridized carbons (Fsp3) is 0.286. The molecule has 28 heavy (non-hydrogen) atoms. The van der Waals surface area contributed by atoms with Gasteiger partial charge in [0.1, 0.15) is 0 Å². The van der Waals surface area contributed by atoms with Crippen molar-refractivity contribution >= 4 is 39.6 Å². The summed E-state index contributed by atoms with van der Waals surface area (Å²) in [5.41, 5.74) is 4.01. The number of amides is 2.